The van der Waals surface area contributed by atoms with Gasteiger partial charge in [0.15, 0.2) is 12.0 Å². The van der Waals surface area contributed by atoms with Crippen molar-refractivity contribution in [2.75, 3.05) is 32.8 Å². The molecule has 4 aromatic carbocycles. The molecule has 0 radical (unpaired) electrons. The zero-order chi connectivity index (χ0) is 43.6. The van der Waals surface area contributed by atoms with Crippen LogP contribution in [0.5, 0.6) is 5.75 Å². The predicted molar refractivity (Wildman–Crippen MR) is 239 cm³/mol. The quantitative estimate of drug-likeness (QED) is 0.0347. The van der Waals surface area contributed by atoms with E-state index in [0.29, 0.717) is 17.1 Å². The van der Waals surface area contributed by atoms with Crippen molar-refractivity contribution in [1.29, 1.82) is 5.26 Å². The third kappa shape index (κ3) is 9.53. The van der Waals surface area contributed by atoms with Gasteiger partial charge >= 0.3 is 0 Å². The largest absolute Gasteiger partial charge is 0.497 e. The molecule has 0 bridgehead atoms. The van der Waals surface area contributed by atoms with Crippen molar-refractivity contribution < 1.29 is 32.8 Å². The second kappa shape index (κ2) is 20.7. The summed E-state index contributed by atoms with van der Waals surface area (Å²) >= 11 is 0. The lowest BCUT2D eigenvalue weighted by Crippen LogP contribution is -2.42. The molecule has 0 spiro atoms. The van der Waals surface area contributed by atoms with Crippen LogP contribution in [0, 0.1) is 11.3 Å². The number of fused-ring (bicyclic) bond motifs is 1. The molecule has 2 aliphatic rings. The van der Waals surface area contributed by atoms with Gasteiger partial charge in [0.05, 0.1) is 45.5 Å². The van der Waals surface area contributed by atoms with Crippen LogP contribution in [0.25, 0.3) is 0 Å². The van der Waals surface area contributed by atoms with Crippen LogP contribution in [0.3, 0.4) is 0 Å². The maximum atomic E-state index is 13.4. The number of hydrogen-bond acceptors (Lipinski definition) is 12. The number of aliphatic imine (C=N–C) groups is 1. The van der Waals surface area contributed by atoms with E-state index in [4.69, 9.17) is 33.0 Å². The average Bonchev–Trinajstić information content (AvgIpc) is 3.89. The second-order valence-electron chi connectivity index (χ2n) is 15.7. The number of carbonyl (C=O) groups is 1. The molecule has 1 aromatic heterocycles. The maximum Gasteiger partial charge on any atom is 0.259 e. The molecule has 14 heteroatoms. The number of benzene rings is 4. The summed E-state index contributed by atoms with van der Waals surface area (Å²) in [5.41, 5.74) is 2.87. The zero-order valence-electron chi connectivity index (χ0n) is 36.0. The Bertz CT molecular complexity index is 2220. The highest BCUT2D eigenvalue weighted by Crippen LogP contribution is 2.52. The summed E-state index contributed by atoms with van der Waals surface area (Å²) in [7, 11) is 1.55. The Morgan fingerprint density at radius 2 is 1.50 bits per heavy atom. The van der Waals surface area contributed by atoms with Crippen LogP contribution in [0.1, 0.15) is 85.5 Å². The van der Waals surface area contributed by atoms with Crippen LogP contribution in [0.15, 0.2) is 127 Å². The van der Waals surface area contributed by atoms with Crippen molar-refractivity contribution in [3.63, 3.8) is 0 Å². The second-order valence-corrected chi connectivity index (χ2v) is 17.1. The van der Waals surface area contributed by atoms with Gasteiger partial charge < -0.3 is 33.3 Å². The lowest BCUT2D eigenvalue weighted by Gasteiger charge is -2.39. The number of rotatable bonds is 20. The first-order valence-electron chi connectivity index (χ1n) is 21.0. The fraction of sp³-hybridized carbons (Fsp3) is 0.375. The smallest absolute Gasteiger partial charge is 0.259 e. The molecule has 62 heavy (non-hydrogen) atoms. The molecule has 324 valence electrons. The lowest BCUT2D eigenvalue weighted by atomic mass is 9.80. The number of nitriles is 1. The lowest BCUT2D eigenvalue weighted by molar-refractivity contribution is -0.0941. The summed E-state index contributed by atoms with van der Waals surface area (Å²) in [6, 6.07) is 39.2. The van der Waals surface area contributed by atoms with Crippen LogP contribution < -0.4 is 10.1 Å². The van der Waals surface area contributed by atoms with Gasteiger partial charge in [0.1, 0.15) is 47.2 Å². The fourth-order valence-corrected chi connectivity index (χ4v) is 10.0. The minimum absolute atomic E-state index is 0.0329. The molecule has 7 rings (SSSR count). The number of imidazole rings is 1. The van der Waals surface area contributed by atoms with E-state index in [1.54, 1.807) is 26.9 Å². The van der Waals surface area contributed by atoms with Crippen molar-refractivity contribution in [3.8, 4) is 11.8 Å². The number of anilines is 1. The van der Waals surface area contributed by atoms with E-state index in [1.165, 1.54) is 0 Å². The number of carbonyl (C=O) groups excluding carboxylic acids is 1. The Labute approximate surface area is 365 Å². The number of ketones is 1. The molecule has 1 fully saturated rings. The first-order valence-corrected chi connectivity index (χ1v) is 22.1. The Balaban J connectivity index is 1.29. The number of hydrogen-bond donors (Lipinski definition) is 1. The molecular formula is C48H55N6O7P. The standard InChI is InChI=1S/C48H55N6O7P/c1-33(2)54(34(3)4)62(59-28-16-27-49)61-44-42(30-58-48(36-19-12-8-13-20-36,37-21-14-9-15-22-37)38-23-25-39(56-5)26-24-38)60-47(45(44)57-6)53-32-52-43-40(50-31-51-46(43)53)29-41(55)35-17-10-7-11-18-35/h7-15,17-26,31-34,40,42,44-45,47H,16,28-30H2,1-6H3,(H,50,51)/t40?,42-,44-,45-,47-,62?/m1/s1. The van der Waals surface area contributed by atoms with Gasteiger partial charge in [0, 0.05) is 31.2 Å². The number of Topliss-reactive ketones (excluding diaryl/α,β-unsaturated/α-hetero) is 1. The number of nitrogens with zero attached hydrogens (tertiary/aromatic N) is 5. The first kappa shape index (κ1) is 44.8. The van der Waals surface area contributed by atoms with Gasteiger partial charge in [-0.15, -0.1) is 0 Å². The van der Waals surface area contributed by atoms with Gasteiger partial charge in [0.2, 0.25) is 0 Å². The van der Waals surface area contributed by atoms with Gasteiger partial charge in [-0.1, -0.05) is 103 Å². The zero-order valence-corrected chi connectivity index (χ0v) is 36.9. The summed E-state index contributed by atoms with van der Waals surface area (Å²) in [5, 5.41) is 12.8. The van der Waals surface area contributed by atoms with Gasteiger partial charge in [-0.3, -0.25) is 14.4 Å². The summed E-state index contributed by atoms with van der Waals surface area (Å²) in [6.07, 6.45) is 0.743. The van der Waals surface area contributed by atoms with E-state index in [9.17, 15) is 10.1 Å². The summed E-state index contributed by atoms with van der Waals surface area (Å²) in [4.78, 5) is 22.8. The molecule has 13 nitrogen and oxygen atoms in total. The van der Waals surface area contributed by atoms with Crippen molar-refractivity contribution in [2.24, 2.45) is 4.99 Å². The maximum absolute atomic E-state index is 13.4. The third-order valence-electron chi connectivity index (χ3n) is 11.1. The summed E-state index contributed by atoms with van der Waals surface area (Å²) < 4.78 is 44.1. The highest BCUT2D eigenvalue weighted by molar-refractivity contribution is 7.44. The monoisotopic (exact) mass is 858 g/mol. The van der Waals surface area contributed by atoms with Crippen molar-refractivity contribution >= 4 is 26.5 Å². The van der Waals surface area contributed by atoms with E-state index in [1.807, 2.05) is 95.6 Å². The van der Waals surface area contributed by atoms with Crippen LogP contribution in [0.4, 0.5) is 5.82 Å². The predicted octanol–water partition coefficient (Wildman–Crippen LogP) is 9.24. The Kier molecular flexibility index (Phi) is 15.0. The van der Waals surface area contributed by atoms with E-state index < -0.39 is 44.7 Å². The molecule has 6 atom stereocenters. The van der Waals surface area contributed by atoms with Crippen LogP contribution in [-0.4, -0.2) is 84.2 Å². The molecule has 3 heterocycles. The van der Waals surface area contributed by atoms with Crippen molar-refractivity contribution in [2.45, 2.75) is 88.8 Å². The number of ether oxygens (including phenoxy) is 4. The van der Waals surface area contributed by atoms with Crippen LogP contribution >= 0.6 is 8.53 Å². The number of aromatic nitrogens is 2. The van der Waals surface area contributed by atoms with Crippen LogP contribution in [-0.2, 0) is 28.9 Å². The van der Waals surface area contributed by atoms with E-state index >= 15 is 0 Å². The molecule has 0 amide bonds. The highest BCUT2D eigenvalue weighted by Gasteiger charge is 2.51. The molecule has 2 aliphatic heterocycles. The van der Waals surface area contributed by atoms with E-state index in [2.05, 4.69) is 73.0 Å². The van der Waals surface area contributed by atoms with Crippen molar-refractivity contribution in [3.05, 3.63) is 150 Å². The van der Waals surface area contributed by atoms with Gasteiger partial charge in [0.25, 0.3) is 8.53 Å². The number of nitrogens with one attached hydrogen (secondary N) is 1. The Morgan fingerprint density at radius 3 is 2.08 bits per heavy atom. The summed E-state index contributed by atoms with van der Waals surface area (Å²) in [6.45, 7) is 8.64. The SMILES string of the molecule is COc1ccc(C(OC[C@H]2O[C@@H](n3cnc4c3NC=NC4CC(=O)c3ccccc3)[C@H](OC)[C@@H]2OP(OCCC#N)N(C(C)C)C(C)C)(c2ccccc2)c2ccccc2)cc1. The van der Waals surface area contributed by atoms with Crippen LogP contribution in [0.2, 0.25) is 0 Å². The van der Waals surface area contributed by atoms with Gasteiger partial charge in [-0.05, 0) is 56.5 Å². The van der Waals surface area contributed by atoms with Gasteiger partial charge in [-0.2, -0.15) is 5.26 Å². The highest BCUT2D eigenvalue weighted by atomic mass is 31.2. The Hall–Kier alpha value is -5.29. The first-order chi connectivity index (χ1) is 30.2. The van der Waals surface area contributed by atoms with Crippen molar-refractivity contribution in [1.82, 2.24) is 14.2 Å². The third-order valence-corrected chi connectivity index (χ3v) is 13.2. The van der Waals surface area contributed by atoms with E-state index in [0.717, 1.165) is 22.4 Å². The molecule has 5 aromatic rings. The minimum Gasteiger partial charge on any atom is -0.497 e. The normalized spacial score (nSPS) is 20.2. The Morgan fingerprint density at radius 1 is 0.887 bits per heavy atom. The molecule has 2 unspecified atom stereocenters. The number of methoxy groups -OCH3 is 2. The fourth-order valence-electron chi connectivity index (χ4n) is 8.26. The molecule has 0 saturated carbocycles. The topological polar surface area (TPSA) is 142 Å². The van der Waals surface area contributed by atoms with Gasteiger partial charge in [-0.25, -0.2) is 9.65 Å². The molecule has 1 saturated heterocycles. The molecule has 0 aliphatic carbocycles. The average molecular weight is 859 g/mol. The summed E-state index contributed by atoms with van der Waals surface area (Å²) in [5.74, 6) is 1.33. The van der Waals surface area contributed by atoms with E-state index in [-0.39, 0.29) is 43.9 Å². The molecular weight excluding hydrogens is 804 g/mol. The molecule has 1 N–H and O–H groups in total. The minimum atomic E-state index is -1.73.